The molecule has 2 heterocycles. The second-order valence-corrected chi connectivity index (χ2v) is 9.37. The summed E-state index contributed by atoms with van der Waals surface area (Å²) in [6, 6.07) is 10.4. The van der Waals surface area contributed by atoms with Gasteiger partial charge in [0.25, 0.3) is 0 Å². The maximum atomic E-state index is 12.5. The van der Waals surface area contributed by atoms with Crippen molar-refractivity contribution in [2.45, 2.75) is 5.75 Å². The molecule has 0 saturated heterocycles. The average Bonchev–Trinajstić information content (AvgIpc) is 3.20. The zero-order chi connectivity index (χ0) is 21.3. The minimum Gasteiger partial charge on any atom is -0.456 e. The summed E-state index contributed by atoms with van der Waals surface area (Å²) in [4.78, 5) is 10.9. The molecule has 0 aromatic heterocycles. The first-order valence-corrected chi connectivity index (χ1v) is 11.3. The molecule has 0 radical (unpaired) electrons. The van der Waals surface area contributed by atoms with Gasteiger partial charge in [0.05, 0.1) is 29.3 Å². The molecule has 0 spiro atoms. The minimum absolute atomic E-state index is 0.199. The number of benzene rings is 2. The predicted molar refractivity (Wildman–Crippen MR) is 115 cm³/mol. The number of amidine groups is 1. The number of halogens is 2. The third-order valence-corrected chi connectivity index (χ3v) is 7.14. The molecule has 0 aliphatic carbocycles. The van der Waals surface area contributed by atoms with E-state index in [1.165, 1.54) is 7.05 Å². The van der Waals surface area contributed by atoms with E-state index in [0.717, 1.165) is 27.9 Å². The summed E-state index contributed by atoms with van der Waals surface area (Å²) in [5.74, 6) is 1.38. The molecule has 30 heavy (non-hydrogen) atoms. The molecule has 0 amide bonds. The summed E-state index contributed by atoms with van der Waals surface area (Å²) in [5.41, 5.74) is 2.06. The zero-order valence-electron chi connectivity index (χ0n) is 16.3. The van der Waals surface area contributed by atoms with E-state index in [-0.39, 0.29) is 17.3 Å². The van der Waals surface area contributed by atoms with Crippen LogP contribution in [0.5, 0.6) is 11.5 Å². The Labute approximate surface area is 179 Å². The molecule has 2 aliphatic heterocycles. The summed E-state index contributed by atoms with van der Waals surface area (Å²) in [6.45, 7) is 0.556. The number of hydrogen-bond donors (Lipinski definition) is 0. The number of alkyl halides is 1. The molecule has 4 rings (SSSR count). The molecule has 0 unspecified atom stereocenters. The molecule has 7 nitrogen and oxygen atoms in total. The van der Waals surface area contributed by atoms with Crippen molar-refractivity contribution in [1.29, 1.82) is 0 Å². The lowest BCUT2D eigenvalue weighted by atomic mass is 10.1. The molecule has 0 bridgehead atoms. The van der Waals surface area contributed by atoms with Gasteiger partial charge in [-0.15, -0.1) is 0 Å². The van der Waals surface area contributed by atoms with E-state index in [9.17, 15) is 12.8 Å². The van der Waals surface area contributed by atoms with Crippen LogP contribution in [0.15, 0.2) is 46.4 Å². The molecule has 2 aromatic rings. The Morgan fingerprint density at radius 1 is 1.30 bits per heavy atom. The number of aliphatic imine (C=N–C) groups is 2. The number of sulfonamides is 1. The van der Waals surface area contributed by atoms with Crippen LogP contribution in [0.2, 0.25) is 5.02 Å². The highest BCUT2D eigenvalue weighted by Crippen LogP contribution is 2.36. The summed E-state index contributed by atoms with van der Waals surface area (Å²) in [6.07, 6.45) is 1.77. The van der Waals surface area contributed by atoms with Crippen LogP contribution in [-0.2, 0) is 15.8 Å². The predicted octanol–water partition coefficient (Wildman–Crippen LogP) is 3.60. The van der Waals surface area contributed by atoms with Gasteiger partial charge < -0.3 is 9.64 Å². The van der Waals surface area contributed by atoms with E-state index in [1.807, 2.05) is 17.0 Å². The molecule has 0 saturated carbocycles. The van der Waals surface area contributed by atoms with Crippen molar-refractivity contribution in [3.05, 3.63) is 52.5 Å². The zero-order valence-corrected chi connectivity index (χ0v) is 17.8. The van der Waals surface area contributed by atoms with Crippen LogP contribution < -0.4 is 4.74 Å². The highest BCUT2D eigenvalue weighted by Gasteiger charge is 2.24. The Bertz CT molecular complexity index is 1140. The summed E-state index contributed by atoms with van der Waals surface area (Å²) < 4.78 is 44.3. The van der Waals surface area contributed by atoms with Crippen molar-refractivity contribution >= 4 is 39.5 Å². The Balaban J connectivity index is 1.59. The number of hydrogen-bond acceptors (Lipinski definition) is 6. The van der Waals surface area contributed by atoms with E-state index < -0.39 is 16.7 Å². The summed E-state index contributed by atoms with van der Waals surface area (Å²) >= 11 is 6.44. The lowest BCUT2D eigenvalue weighted by Crippen LogP contribution is -2.30. The van der Waals surface area contributed by atoms with Gasteiger partial charge in [-0.05, 0) is 29.8 Å². The Morgan fingerprint density at radius 3 is 2.93 bits per heavy atom. The maximum Gasteiger partial charge on any atom is 0.218 e. The number of nitrogens with zero attached hydrogens (tertiary/aromatic N) is 4. The molecule has 2 aliphatic rings. The first-order valence-electron chi connectivity index (χ1n) is 9.34. The Kier molecular flexibility index (Phi) is 5.77. The van der Waals surface area contributed by atoms with Crippen molar-refractivity contribution in [3.63, 3.8) is 0 Å². The Hall–Kier alpha value is -2.49. The molecule has 0 atom stereocenters. The van der Waals surface area contributed by atoms with Crippen molar-refractivity contribution in [2.24, 2.45) is 9.98 Å². The van der Waals surface area contributed by atoms with Crippen molar-refractivity contribution in [2.75, 3.05) is 33.4 Å². The van der Waals surface area contributed by atoms with Gasteiger partial charge in [-0.1, -0.05) is 23.7 Å². The van der Waals surface area contributed by atoms with Crippen LogP contribution in [0.4, 0.5) is 10.1 Å². The lowest BCUT2D eigenvalue weighted by molar-refractivity contribution is 0.394. The highest BCUT2D eigenvalue weighted by molar-refractivity contribution is 7.88. The quantitative estimate of drug-likeness (QED) is 0.646. The SMILES string of the molecule is CN(CCF)S(=O)(=O)Cc1cccc(Oc2ccc3c(c2)C2=NCCN2C=N3)c1Cl. The molecule has 0 fully saturated rings. The fourth-order valence-electron chi connectivity index (χ4n) is 3.25. The van der Waals surface area contributed by atoms with Crippen LogP contribution in [-0.4, -0.2) is 63.2 Å². The monoisotopic (exact) mass is 450 g/mol. The molecule has 158 valence electrons. The van der Waals surface area contributed by atoms with Crippen molar-refractivity contribution in [1.82, 2.24) is 9.21 Å². The van der Waals surface area contributed by atoms with Gasteiger partial charge >= 0.3 is 0 Å². The second kappa shape index (κ2) is 8.33. The van der Waals surface area contributed by atoms with Crippen LogP contribution in [0.25, 0.3) is 0 Å². The van der Waals surface area contributed by atoms with Gasteiger partial charge in [0.15, 0.2) is 0 Å². The van der Waals surface area contributed by atoms with Crippen LogP contribution in [0.3, 0.4) is 0 Å². The van der Waals surface area contributed by atoms with Gasteiger partial charge in [0, 0.05) is 25.7 Å². The lowest BCUT2D eigenvalue weighted by Gasteiger charge is -2.21. The van der Waals surface area contributed by atoms with Crippen LogP contribution in [0.1, 0.15) is 11.1 Å². The van der Waals surface area contributed by atoms with Gasteiger partial charge in [0.1, 0.15) is 24.0 Å². The molecular formula is C20H20ClFN4O3S. The molecule has 2 aromatic carbocycles. The first-order chi connectivity index (χ1) is 14.4. The van der Waals surface area contributed by atoms with E-state index >= 15 is 0 Å². The highest BCUT2D eigenvalue weighted by atomic mass is 35.5. The number of fused-ring (bicyclic) bond motifs is 3. The fraction of sp³-hybridized carbons (Fsp3) is 0.300. The fourth-order valence-corrected chi connectivity index (χ4v) is 4.76. The van der Waals surface area contributed by atoms with Crippen LogP contribution in [0, 0.1) is 0 Å². The smallest absolute Gasteiger partial charge is 0.218 e. The van der Waals surface area contributed by atoms with Crippen molar-refractivity contribution in [3.8, 4) is 11.5 Å². The molecular weight excluding hydrogens is 431 g/mol. The minimum atomic E-state index is -3.69. The molecule has 0 N–H and O–H groups in total. The maximum absolute atomic E-state index is 12.5. The average molecular weight is 451 g/mol. The third kappa shape index (κ3) is 4.05. The number of rotatable bonds is 7. The summed E-state index contributed by atoms with van der Waals surface area (Å²) in [5, 5.41) is 0.199. The van der Waals surface area contributed by atoms with E-state index in [1.54, 1.807) is 30.6 Å². The van der Waals surface area contributed by atoms with E-state index in [4.69, 9.17) is 16.3 Å². The Morgan fingerprint density at radius 2 is 2.13 bits per heavy atom. The topological polar surface area (TPSA) is 74.6 Å². The first kappa shape index (κ1) is 20.8. The largest absolute Gasteiger partial charge is 0.456 e. The van der Waals surface area contributed by atoms with E-state index in [0.29, 0.717) is 23.6 Å². The number of ether oxygens (including phenoxy) is 1. The van der Waals surface area contributed by atoms with Gasteiger partial charge in [-0.2, -0.15) is 0 Å². The summed E-state index contributed by atoms with van der Waals surface area (Å²) in [7, 11) is -2.35. The van der Waals surface area contributed by atoms with Gasteiger partial charge in [-0.3, -0.25) is 4.99 Å². The second-order valence-electron chi connectivity index (χ2n) is 6.92. The third-order valence-electron chi connectivity index (χ3n) is 4.90. The van der Waals surface area contributed by atoms with Crippen molar-refractivity contribution < 1.29 is 17.5 Å². The van der Waals surface area contributed by atoms with Gasteiger partial charge in [-0.25, -0.2) is 22.1 Å². The van der Waals surface area contributed by atoms with E-state index in [2.05, 4.69) is 9.98 Å². The molecule has 10 heteroatoms. The standard InChI is InChI=1S/C20H20ClFN4O3S/c1-25(9-7-22)30(27,28)12-14-3-2-4-18(19(14)21)29-15-5-6-17-16(11-15)20-23-8-10-26(20)13-24-17/h2-6,11,13H,7-10,12H2,1H3. The van der Waals surface area contributed by atoms with Crippen LogP contribution >= 0.6 is 11.6 Å². The normalized spacial score (nSPS) is 15.2. The van der Waals surface area contributed by atoms with Gasteiger partial charge in [0.2, 0.25) is 10.0 Å².